The van der Waals surface area contributed by atoms with Gasteiger partial charge in [0.05, 0.1) is 17.5 Å². The molecule has 1 aromatic rings. The summed E-state index contributed by atoms with van der Waals surface area (Å²) in [5.74, 6) is 0.575. The zero-order valence-corrected chi connectivity index (χ0v) is 12.1. The van der Waals surface area contributed by atoms with Gasteiger partial charge in [-0.15, -0.1) is 0 Å². The van der Waals surface area contributed by atoms with E-state index < -0.39 is 10.0 Å². The second-order valence-electron chi connectivity index (χ2n) is 4.70. The van der Waals surface area contributed by atoms with Gasteiger partial charge in [0, 0.05) is 13.2 Å². The van der Waals surface area contributed by atoms with Gasteiger partial charge in [-0.2, -0.15) is 0 Å². The van der Waals surface area contributed by atoms with Crippen molar-refractivity contribution < 1.29 is 17.9 Å². The molecule has 20 heavy (non-hydrogen) atoms. The highest BCUT2D eigenvalue weighted by Gasteiger charge is 2.22. The quantitative estimate of drug-likeness (QED) is 0.573. The minimum atomic E-state index is -3.32. The first-order chi connectivity index (χ1) is 9.57. The SMILES string of the molecule is Nc1ccccc1OCCNS(=O)(=O)CC1CCCO1. The van der Waals surface area contributed by atoms with E-state index in [0.29, 0.717) is 18.0 Å². The molecule has 1 atom stereocenters. The molecular formula is C13H20N2O4S. The summed E-state index contributed by atoms with van der Waals surface area (Å²) in [6, 6.07) is 7.10. The molecule has 0 radical (unpaired) electrons. The molecule has 0 saturated carbocycles. The average Bonchev–Trinajstić information content (AvgIpc) is 2.88. The molecule has 1 fully saturated rings. The van der Waals surface area contributed by atoms with E-state index in [1.165, 1.54) is 0 Å². The van der Waals surface area contributed by atoms with E-state index in [1.54, 1.807) is 12.1 Å². The van der Waals surface area contributed by atoms with Crippen LogP contribution in [0.4, 0.5) is 5.69 Å². The fourth-order valence-corrected chi connectivity index (χ4v) is 3.31. The van der Waals surface area contributed by atoms with Crippen LogP contribution in [0.2, 0.25) is 0 Å². The molecule has 7 heteroatoms. The number of hydrogen-bond acceptors (Lipinski definition) is 5. The van der Waals surface area contributed by atoms with Crippen LogP contribution >= 0.6 is 0 Å². The third-order valence-corrected chi connectivity index (χ3v) is 4.48. The molecule has 1 aromatic carbocycles. The molecule has 2 rings (SSSR count). The lowest BCUT2D eigenvalue weighted by atomic mass is 10.3. The molecule has 0 amide bonds. The molecule has 1 unspecified atom stereocenters. The Morgan fingerprint density at radius 1 is 1.40 bits per heavy atom. The maximum Gasteiger partial charge on any atom is 0.214 e. The van der Waals surface area contributed by atoms with Crippen molar-refractivity contribution in [1.82, 2.24) is 4.72 Å². The standard InChI is InChI=1S/C13H20N2O4S/c14-12-5-1-2-6-13(12)19-9-7-15-20(16,17)10-11-4-3-8-18-11/h1-2,5-6,11,15H,3-4,7-10,14H2. The van der Waals surface area contributed by atoms with Gasteiger partial charge in [-0.05, 0) is 25.0 Å². The zero-order valence-electron chi connectivity index (χ0n) is 11.2. The van der Waals surface area contributed by atoms with Crippen LogP contribution in [0.5, 0.6) is 5.75 Å². The predicted molar refractivity (Wildman–Crippen MR) is 77.1 cm³/mol. The van der Waals surface area contributed by atoms with Crippen molar-refractivity contribution in [2.24, 2.45) is 0 Å². The summed E-state index contributed by atoms with van der Waals surface area (Å²) >= 11 is 0. The van der Waals surface area contributed by atoms with Gasteiger partial charge in [-0.1, -0.05) is 12.1 Å². The Bertz CT molecular complexity index is 527. The highest BCUT2D eigenvalue weighted by atomic mass is 32.2. The molecule has 3 N–H and O–H groups in total. The molecule has 0 aromatic heterocycles. The van der Waals surface area contributed by atoms with Crippen molar-refractivity contribution >= 4 is 15.7 Å². The number of anilines is 1. The monoisotopic (exact) mass is 300 g/mol. The first-order valence-corrected chi connectivity index (χ1v) is 8.28. The fraction of sp³-hybridized carbons (Fsp3) is 0.538. The Morgan fingerprint density at radius 2 is 2.20 bits per heavy atom. The third kappa shape index (κ3) is 4.66. The Morgan fingerprint density at radius 3 is 2.90 bits per heavy atom. The smallest absolute Gasteiger partial charge is 0.214 e. The normalized spacial score (nSPS) is 19.1. The zero-order chi connectivity index (χ0) is 14.4. The summed E-state index contributed by atoms with van der Waals surface area (Å²) in [5, 5.41) is 0. The van der Waals surface area contributed by atoms with Crippen molar-refractivity contribution in [3.8, 4) is 5.75 Å². The summed E-state index contributed by atoms with van der Waals surface area (Å²) in [6.45, 7) is 1.10. The Balaban J connectivity index is 1.71. The lowest BCUT2D eigenvalue weighted by Crippen LogP contribution is -2.34. The molecule has 1 heterocycles. The van der Waals surface area contributed by atoms with Crippen LogP contribution in [-0.2, 0) is 14.8 Å². The van der Waals surface area contributed by atoms with Gasteiger partial charge < -0.3 is 15.2 Å². The molecule has 0 spiro atoms. The molecule has 0 bridgehead atoms. The number of rotatable bonds is 7. The molecule has 6 nitrogen and oxygen atoms in total. The van der Waals surface area contributed by atoms with Crippen LogP contribution in [0, 0.1) is 0 Å². The fourth-order valence-electron chi connectivity index (χ4n) is 2.05. The lowest BCUT2D eigenvalue weighted by Gasteiger charge is -2.12. The van der Waals surface area contributed by atoms with E-state index in [1.807, 2.05) is 12.1 Å². The first kappa shape index (κ1) is 15.1. The number of nitrogens with one attached hydrogen (secondary N) is 1. The maximum absolute atomic E-state index is 11.8. The van der Waals surface area contributed by atoms with Gasteiger partial charge in [0.2, 0.25) is 10.0 Å². The van der Waals surface area contributed by atoms with Crippen molar-refractivity contribution in [1.29, 1.82) is 0 Å². The molecule has 1 aliphatic heterocycles. The van der Waals surface area contributed by atoms with Crippen LogP contribution in [0.1, 0.15) is 12.8 Å². The van der Waals surface area contributed by atoms with E-state index in [-0.39, 0.29) is 25.0 Å². The van der Waals surface area contributed by atoms with Gasteiger partial charge in [-0.25, -0.2) is 13.1 Å². The van der Waals surface area contributed by atoms with Crippen molar-refractivity contribution in [3.63, 3.8) is 0 Å². The third-order valence-electron chi connectivity index (χ3n) is 3.03. The first-order valence-electron chi connectivity index (χ1n) is 6.63. The summed E-state index contributed by atoms with van der Waals surface area (Å²) in [5.41, 5.74) is 6.25. The summed E-state index contributed by atoms with van der Waals surface area (Å²) in [6.07, 6.45) is 1.55. The second kappa shape index (κ2) is 6.92. The number of hydrogen-bond donors (Lipinski definition) is 2. The Hall–Kier alpha value is -1.31. The van der Waals surface area contributed by atoms with Gasteiger partial charge >= 0.3 is 0 Å². The average molecular weight is 300 g/mol. The highest BCUT2D eigenvalue weighted by Crippen LogP contribution is 2.19. The minimum absolute atomic E-state index is 0.0144. The highest BCUT2D eigenvalue weighted by molar-refractivity contribution is 7.89. The molecule has 1 aliphatic rings. The van der Waals surface area contributed by atoms with E-state index in [0.717, 1.165) is 12.8 Å². The summed E-state index contributed by atoms with van der Waals surface area (Å²) in [4.78, 5) is 0. The van der Waals surface area contributed by atoms with E-state index in [4.69, 9.17) is 15.2 Å². The molecule has 0 aliphatic carbocycles. The maximum atomic E-state index is 11.8. The van der Waals surface area contributed by atoms with Crippen molar-refractivity contribution in [2.75, 3.05) is 31.2 Å². The van der Waals surface area contributed by atoms with Gasteiger partial charge in [0.1, 0.15) is 12.4 Å². The van der Waals surface area contributed by atoms with Gasteiger partial charge in [0.25, 0.3) is 0 Å². The molecule has 112 valence electrons. The number of benzene rings is 1. The Labute approximate surface area is 119 Å². The van der Waals surface area contributed by atoms with Crippen LogP contribution in [0.25, 0.3) is 0 Å². The summed E-state index contributed by atoms with van der Waals surface area (Å²) < 4.78 is 36.8. The number of nitrogens with two attached hydrogens (primary N) is 1. The minimum Gasteiger partial charge on any atom is -0.490 e. The van der Waals surface area contributed by atoms with Gasteiger partial charge in [-0.3, -0.25) is 0 Å². The second-order valence-corrected chi connectivity index (χ2v) is 6.55. The topological polar surface area (TPSA) is 90.6 Å². The lowest BCUT2D eigenvalue weighted by molar-refractivity contribution is 0.127. The van der Waals surface area contributed by atoms with Gasteiger partial charge in [0.15, 0.2) is 0 Å². The molecule has 1 saturated heterocycles. The van der Waals surface area contributed by atoms with Crippen LogP contribution in [0.3, 0.4) is 0 Å². The van der Waals surface area contributed by atoms with Crippen molar-refractivity contribution in [2.45, 2.75) is 18.9 Å². The largest absolute Gasteiger partial charge is 0.490 e. The van der Waals surface area contributed by atoms with E-state index in [9.17, 15) is 8.42 Å². The number of sulfonamides is 1. The number of para-hydroxylation sites is 2. The van der Waals surface area contributed by atoms with E-state index in [2.05, 4.69) is 4.72 Å². The van der Waals surface area contributed by atoms with Crippen LogP contribution < -0.4 is 15.2 Å². The van der Waals surface area contributed by atoms with Crippen molar-refractivity contribution in [3.05, 3.63) is 24.3 Å². The summed E-state index contributed by atoms with van der Waals surface area (Å²) in [7, 11) is -3.32. The predicted octanol–water partition coefficient (Wildman–Crippen LogP) is 0.746. The number of nitrogen functional groups attached to an aromatic ring is 1. The molecular weight excluding hydrogens is 280 g/mol. The Kier molecular flexibility index (Phi) is 5.22. The van der Waals surface area contributed by atoms with Crippen LogP contribution in [-0.4, -0.2) is 40.0 Å². The van der Waals surface area contributed by atoms with Crippen LogP contribution in [0.15, 0.2) is 24.3 Å². The van der Waals surface area contributed by atoms with E-state index >= 15 is 0 Å². The number of ether oxygens (including phenoxy) is 2.